The van der Waals surface area contributed by atoms with Crippen LogP contribution in [0.4, 0.5) is 0 Å². The molecular formula is C8H11NO3. The molecule has 1 rings (SSSR count). The molecule has 0 aliphatic rings. The molecule has 0 amide bonds. The van der Waals surface area contributed by atoms with E-state index < -0.39 is 12.0 Å². The first-order valence-corrected chi connectivity index (χ1v) is 3.69. The molecule has 0 aliphatic heterocycles. The molecule has 0 radical (unpaired) electrons. The van der Waals surface area contributed by atoms with Crippen molar-refractivity contribution in [2.75, 3.05) is 0 Å². The number of carboxylic acid groups (broad SMARTS) is 1. The van der Waals surface area contributed by atoms with Gasteiger partial charge in [-0.05, 0) is 19.1 Å². The molecule has 0 aromatic carbocycles. The summed E-state index contributed by atoms with van der Waals surface area (Å²) < 4.78 is 5.17. The Morgan fingerprint density at radius 1 is 1.75 bits per heavy atom. The minimum absolute atomic E-state index is 0.288. The Hall–Kier alpha value is -1.29. The van der Waals surface area contributed by atoms with Crippen molar-refractivity contribution in [2.24, 2.45) is 0 Å². The highest BCUT2D eigenvalue weighted by molar-refractivity contribution is 5.69. The lowest BCUT2D eigenvalue weighted by Gasteiger charge is -2.06. The predicted octanol–water partition coefficient (Wildman–Crippen LogP) is -1.51. The monoisotopic (exact) mass is 169 g/mol. The van der Waals surface area contributed by atoms with Crippen LogP contribution in [0.3, 0.4) is 0 Å². The quantitative estimate of drug-likeness (QED) is 0.597. The topological polar surface area (TPSA) is 80.9 Å². The van der Waals surface area contributed by atoms with Crippen LogP contribution in [0.1, 0.15) is 11.5 Å². The molecule has 0 aliphatic carbocycles. The molecule has 0 spiro atoms. The smallest absolute Gasteiger partial charge is 0.132 e. The van der Waals surface area contributed by atoms with E-state index in [1.54, 1.807) is 19.1 Å². The highest BCUT2D eigenvalue weighted by Gasteiger charge is 2.10. The van der Waals surface area contributed by atoms with Gasteiger partial charge in [0.2, 0.25) is 0 Å². The largest absolute Gasteiger partial charge is 0.544 e. The summed E-state index contributed by atoms with van der Waals surface area (Å²) in [5.41, 5.74) is 3.42. The minimum atomic E-state index is -1.15. The van der Waals surface area contributed by atoms with Crippen molar-refractivity contribution < 1.29 is 20.1 Å². The van der Waals surface area contributed by atoms with Gasteiger partial charge in [0.05, 0.1) is 12.4 Å². The Balaban J connectivity index is 2.58. The summed E-state index contributed by atoms with van der Waals surface area (Å²) in [6.45, 7) is 1.81. The first-order chi connectivity index (χ1) is 5.59. The van der Waals surface area contributed by atoms with Crippen molar-refractivity contribution in [1.29, 1.82) is 0 Å². The van der Waals surface area contributed by atoms with Gasteiger partial charge in [-0.15, -0.1) is 0 Å². The molecule has 12 heavy (non-hydrogen) atoms. The number of hydrogen-bond acceptors (Lipinski definition) is 3. The van der Waals surface area contributed by atoms with E-state index in [9.17, 15) is 9.90 Å². The van der Waals surface area contributed by atoms with Crippen molar-refractivity contribution >= 4 is 5.97 Å². The second-order valence-corrected chi connectivity index (χ2v) is 2.73. The zero-order valence-electron chi connectivity index (χ0n) is 6.87. The van der Waals surface area contributed by atoms with Gasteiger partial charge < -0.3 is 20.1 Å². The first kappa shape index (κ1) is 8.80. The SMILES string of the molecule is Cc1ccc(C[C@H]([NH3+])C(=O)[O-])o1. The molecule has 0 saturated carbocycles. The zero-order chi connectivity index (χ0) is 9.14. The highest BCUT2D eigenvalue weighted by atomic mass is 16.4. The van der Waals surface area contributed by atoms with Crippen LogP contribution in [-0.4, -0.2) is 12.0 Å². The third-order valence-corrected chi connectivity index (χ3v) is 1.58. The molecule has 1 aromatic rings. The third kappa shape index (κ3) is 2.10. The van der Waals surface area contributed by atoms with E-state index >= 15 is 0 Å². The maximum absolute atomic E-state index is 10.3. The lowest BCUT2D eigenvalue weighted by Crippen LogP contribution is -2.69. The Kier molecular flexibility index (Phi) is 2.50. The number of aliphatic carboxylic acids is 1. The maximum atomic E-state index is 10.3. The lowest BCUT2D eigenvalue weighted by atomic mass is 10.2. The number of furan rings is 1. The molecule has 0 bridgehead atoms. The number of quaternary nitrogens is 1. The Bertz CT molecular complexity index is 280. The number of carboxylic acids is 1. The molecule has 4 heteroatoms. The van der Waals surface area contributed by atoms with Gasteiger partial charge in [-0.2, -0.15) is 0 Å². The van der Waals surface area contributed by atoms with E-state index in [2.05, 4.69) is 5.73 Å². The summed E-state index contributed by atoms with van der Waals surface area (Å²) in [5, 5.41) is 10.3. The van der Waals surface area contributed by atoms with Gasteiger partial charge in [0.15, 0.2) is 0 Å². The van der Waals surface area contributed by atoms with Crippen LogP contribution < -0.4 is 10.8 Å². The van der Waals surface area contributed by atoms with Crippen LogP contribution in [0.25, 0.3) is 0 Å². The average Bonchev–Trinajstić information content (AvgIpc) is 2.35. The fraction of sp³-hybridized carbons (Fsp3) is 0.375. The van der Waals surface area contributed by atoms with Gasteiger partial charge in [-0.1, -0.05) is 0 Å². The van der Waals surface area contributed by atoms with Gasteiger partial charge in [-0.25, -0.2) is 0 Å². The number of aryl methyl sites for hydroxylation is 1. The van der Waals surface area contributed by atoms with E-state index in [1.165, 1.54) is 0 Å². The fourth-order valence-corrected chi connectivity index (χ4v) is 0.921. The number of rotatable bonds is 3. The zero-order valence-corrected chi connectivity index (χ0v) is 6.87. The maximum Gasteiger partial charge on any atom is 0.132 e. The van der Waals surface area contributed by atoms with Crippen molar-refractivity contribution in [3.8, 4) is 0 Å². The number of hydrogen-bond donors (Lipinski definition) is 1. The molecule has 0 fully saturated rings. The highest BCUT2D eigenvalue weighted by Crippen LogP contribution is 2.07. The van der Waals surface area contributed by atoms with Gasteiger partial charge >= 0.3 is 0 Å². The van der Waals surface area contributed by atoms with Crippen molar-refractivity contribution in [2.45, 2.75) is 19.4 Å². The second kappa shape index (κ2) is 3.40. The Labute approximate surface area is 70.0 Å². The lowest BCUT2D eigenvalue weighted by molar-refractivity contribution is -0.437. The second-order valence-electron chi connectivity index (χ2n) is 2.73. The number of carbonyl (C=O) groups is 1. The summed E-state index contributed by atoms with van der Waals surface area (Å²) in [6.07, 6.45) is 0.288. The van der Waals surface area contributed by atoms with Crippen LogP contribution in [0.5, 0.6) is 0 Å². The van der Waals surface area contributed by atoms with E-state index in [-0.39, 0.29) is 6.42 Å². The van der Waals surface area contributed by atoms with Gasteiger partial charge in [0.25, 0.3) is 0 Å². The summed E-state index contributed by atoms with van der Waals surface area (Å²) in [7, 11) is 0. The molecule has 0 unspecified atom stereocenters. The minimum Gasteiger partial charge on any atom is -0.544 e. The fourth-order valence-electron chi connectivity index (χ4n) is 0.921. The third-order valence-electron chi connectivity index (χ3n) is 1.58. The molecule has 4 nitrogen and oxygen atoms in total. The molecule has 1 atom stereocenters. The van der Waals surface area contributed by atoms with E-state index in [0.29, 0.717) is 5.76 Å². The Morgan fingerprint density at radius 3 is 2.83 bits per heavy atom. The number of carbonyl (C=O) groups excluding carboxylic acids is 1. The predicted molar refractivity (Wildman–Crippen MR) is 38.8 cm³/mol. The van der Waals surface area contributed by atoms with Crippen LogP contribution in [0.2, 0.25) is 0 Å². The summed E-state index contributed by atoms with van der Waals surface area (Å²) >= 11 is 0. The summed E-state index contributed by atoms with van der Waals surface area (Å²) in [5.74, 6) is 0.260. The molecular weight excluding hydrogens is 158 g/mol. The van der Waals surface area contributed by atoms with E-state index in [0.717, 1.165) is 5.76 Å². The molecule has 3 N–H and O–H groups in total. The molecule has 0 saturated heterocycles. The molecule has 1 heterocycles. The van der Waals surface area contributed by atoms with Crippen LogP contribution >= 0.6 is 0 Å². The van der Waals surface area contributed by atoms with E-state index in [1.807, 2.05) is 0 Å². The molecule has 1 aromatic heterocycles. The average molecular weight is 169 g/mol. The summed E-state index contributed by atoms with van der Waals surface area (Å²) in [6, 6.07) is 2.80. The Morgan fingerprint density at radius 2 is 2.42 bits per heavy atom. The summed E-state index contributed by atoms with van der Waals surface area (Å²) in [4.78, 5) is 10.3. The van der Waals surface area contributed by atoms with Crippen molar-refractivity contribution in [3.05, 3.63) is 23.7 Å². The first-order valence-electron chi connectivity index (χ1n) is 3.69. The van der Waals surface area contributed by atoms with Crippen LogP contribution in [-0.2, 0) is 11.2 Å². The van der Waals surface area contributed by atoms with Crippen molar-refractivity contribution in [1.82, 2.24) is 0 Å². The van der Waals surface area contributed by atoms with Gasteiger partial charge in [0.1, 0.15) is 17.6 Å². The van der Waals surface area contributed by atoms with Crippen LogP contribution in [0, 0.1) is 6.92 Å². The van der Waals surface area contributed by atoms with Crippen molar-refractivity contribution in [3.63, 3.8) is 0 Å². The molecule has 66 valence electrons. The van der Waals surface area contributed by atoms with Gasteiger partial charge in [0, 0.05) is 0 Å². The normalized spacial score (nSPS) is 12.8. The van der Waals surface area contributed by atoms with E-state index in [4.69, 9.17) is 4.42 Å². The standard InChI is InChI=1S/C8H11NO3/c1-5-2-3-6(12-5)4-7(9)8(10)11/h2-3,7H,4,9H2,1H3,(H,10,11)/t7-/m0/s1. The van der Waals surface area contributed by atoms with Crippen LogP contribution in [0.15, 0.2) is 16.5 Å². The van der Waals surface area contributed by atoms with Gasteiger partial charge in [-0.3, -0.25) is 0 Å².